The molecule has 72 valence electrons. The maximum absolute atomic E-state index is 12.7. The van der Waals surface area contributed by atoms with Crippen LogP contribution in [0.3, 0.4) is 0 Å². The van der Waals surface area contributed by atoms with Gasteiger partial charge >= 0.3 is 7.12 Å². The van der Waals surface area contributed by atoms with Gasteiger partial charge in [0.1, 0.15) is 6.17 Å². The van der Waals surface area contributed by atoms with E-state index in [4.69, 9.17) is 4.65 Å². The lowest BCUT2D eigenvalue weighted by atomic mass is 9.71. The summed E-state index contributed by atoms with van der Waals surface area (Å²) < 4.78 is 17.7. The molecule has 2 atom stereocenters. The highest BCUT2D eigenvalue weighted by Crippen LogP contribution is 2.30. The smallest absolute Gasteiger partial charge is 0.426 e. The van der Waals surface area contributed by atoms with E-state index in [2.05, 4.69) is 0 Å². The van der Waals surface area contributed by atoms with Gasteiger partial charge in [-0.2, -0.15) is 0 Å². The lowest BCUT2D eigenvalue weighted by Gasteiger charge is -2.05. The molecule has 4 heteroatoms. The summed E-state index contributed by atoms with van der Waals surface area (Å²) in [7, 11) is -0.818. The molecule has 13 heavy (non-hydrogen) atoms. The van der Waals surface area contributed by atoms with Gasteiger partial charge in [0.05, 0.1) is 6.61 Å². The van der Waals surface area contributed by atoms with Crippen molar-refractivity contribution in [1.82, 2.24) is 0 Å². The summed E-state index contributed by atoms with van der Waals surface area (Å²) in [5.74, 6) is -0.178. The number of halogens is 1. The third-order valence-electron chi connectivity index (χ3n) is 2.00. The number of hydrogen-bond donors (Lipinski definition) is 1. The van der Waals surface area contributed by atoms with Crippen LogP contribution in [-0.4, -0.2) is 24.9 Å². The quantitative estimate of drug-likeness (QED) is 0.523. The molecule has 0 radical (unpaired) electrons. The number of allylic oxidation sites excluding steroid dienone is 3. The van der Waals surface area contributed by atoms with Crippen LogP contribution in [0.15, 0.2) is 23.8 Å². The van der Waals surface area contributed by atoms with Crippen LogP contribution in [0, 0.1) is 0 Å². The van der Waals surface area contributed by atoms with Crippen LogP contribution >= 0.6 is 0 Å². The second kappa shape index (κ2) is 4.58. The summed E-state index contributed by atoms with van der Waals surface area (Å²) in [6.45, 7) is 3.65. The molecule has 1 fully saturated rings. The Balaban J connectivity index is 2.75. The molecule has 2 unspecified atom stereocenters. The molecule has 0 aromatic rings. The van der Waals surface area contributed by atoms with Crippen LogP contribution in [0.2, 0.25) is 5.82 Å². The van der Waals surface area contributed by atoms with Gasteiger partial charge < -0.3 is 9.68 Å². The molecule has 1 aliphatic heterocycles. The zero-order chi connectivity index (χ0) is 9.84. The normalized spacial score (nSPS) is 29.1. The van der Waals surface area contributed by atoms with Crippen molar-refractivity contribution in [1.29, 1.82) is 0 Å². The van der Waals surface area contributed by atoms with E-state index in [1.807, 2.05) is 19.1 Å². The van der Waals surface area contributed by atoms with Crippen molar-refractivity contribution in [2.75, 3.05) is 6.61 Å². The Morgan fingerprint density at radius 2 is 2.46 bits per heavy atom. The predicted octanol–water partition coefficient (Wildman–Crippen LogP) is 1.73. The van der Waals surface area contributed by atoms with E-state index in [0.717, 1.165) is 5.57 Å². The summed E-state index contributed by atoms with van der Waals surface area (Å²) >= 11 is 0. The van der Waals surface area contributed by atoms with Crippen LogP contribution < -0.4 is 0 Å². The highest BCUT2D eigenvalue weighted by Gasteiger charge is 2.34. The minimum atomic E-state index is -0.989. The zero-order valence-corrected chi connectivity index (χ0v) is 7.90. The van der Waals surface area contributed by atoms with E-state index in [0.29, 0.717) is 6.61 Å². The highest BCUT2D eigenvalue weighted by atomic mass is 19.1. The van der Waals surface area contributed by atoms with E-state index in [1.54, 1.807) is 0 Å². The van der Waals surface area contributed by atoms with E-state index >= 15 is 0 Å². The van der Waals surface area contributed by atoms with Gasteiger partial charge in [0, 0.05) is 5.82 Å². The van der Waals surface area contributed by atoms with Crippen LogP contribution in [0.4, 0.5) is 4.39 Å². The Morgan fingerprint density at radius 1 is 1.77 bits per heavy atom. The van der Waals surface area contributed by atoms with Crippen molar-refractivity contribution in [2.24, 2.45) is 0 Å². The molecule has 0 amide bonds. The van der Waals surface area contributed by atoms with E-state index in [9.17, 15) is 9.41 Å². The van der Waals surface area contributed by atoms with Crippen molar-refractivity contribution in [3.63, 3.8) is 0 Å². The standard InChI is InChI=1S/C9H14BFO2/c1-3-4-9-8(5-7(2)11)6-13-10(9)12/h3-5,7,9,12H,6H2,1-2H3/b4-3-,8-5-. The van der Waals surface area contributed by atoms with E-state index in [1.165, 1.54) is 13.0 Å². The molecule has 1 N–H and O–H groups in total. The molecule has 1 heterocycles. The fourth-order valence-electron chi connectivity index (χ4n) is 1.44. The second-order valence-corrected chi connectivity index (χ2v) is 3.17. The summed E-state index contributed by atoms with van der Waals surface area (Å²) in [6.07, 6.45) is 4.17. The third-order valence-corrected chi connectivity index (χ3v) is 2.00. The molecular formula is C9H14BFO2. The number of rotatable bonds is 2. The van der Waals surface area contributed by atoms with Crippen molar-refractivity contribution in [3.05, 3.63) is 23.8 Å². The lowest BCUT2D eigenvalue weighted by Crippen LogP contribution is -2.15. The molecule has 0 aromatic heterocycles. The van der Waals surface area contributed by atoms with Crippen molar-refractivity contribution in [3.8, 4) is 0 Å². The van der Waals surface area contributed by atoms with Crippen molar-refractivity contribution >= 4 is 7.12 Å². The van der Waals surface area contributed by atoms with Gasteiger partial charge in [0.2, 0.25) is 0 Å². The molecule has 1 aliphatic rings. The van der Waals surface area contributed by atoms with Gasteiger partial charge in [-0.15, -0.1) is 0 Å². The van der Waals surface area contributed by atoms with Crippen LogP contribution in [0.1, 0.15) is 13.8 Å². The Kier molecular flexibility index (Phi) is 3.69. The lowest BCUT2D eigenvalue weighted by molar-refractivity contribution is 0.312. The van der Waals surface area contributed by atoms with Gasteiger partial charge in [0.15, 0.2) is 0 Å². The molecule has 0 bridgehead atoms. The Bertz CT molecular complexity index is 226. The Morgan fingerprint density at radius 3 is 3.00 bits per heavy atom. The van der Waals surface area contributed by atoms with Gasteiger partial charge in [-0.05, 0) is 25.5 Å². The third kappa shape index (κ3) is 2.67. The van der Waals surface area contributed by atoms with E-state index in [-0.39, 0.29) is 5.82 Å². The Hall–Kier alpha value is -0.605. The summed E-state index contributed by atoms with van der Waals surface area (Å²) in [5.41, 5.74) is 0.820. The first-order valence-corrected chi connectivity index (χ1v) is 4.42. The van der Waals surface area contributed by atoms with Crippen LogP contribution in [-0.2, 0) is 4.65 Å². The molecule has 0 spiro atoms. The van der Waals surface area contributed by atoms with Gasteiger partial charge in [0.25, 0.3) is 0 Å². The zero-order valence-electron chi connectivity index (χ0n) is 7.90. The highest BCUT2D eigenvalue weighted by molar-refractivity contribution is 6.47. The first kappa shape index (κ1) is 10.5. The van der Waals surface area contributed by atoms with E-state index < -0.39 is 13.3 Å². The maximum atomic E-state index is 12.7. The monoisotopic (exact) mass is 184 g/mol. The molecule has 2 nitrogen and oxygen atoms in total. The Labute approximate surface area is 78.2 Å². The molecule has 0 saturated carbocycles. The average Bonchev–Trinajstić information content (AvgIpc) is 2.35. The van der Waals surface area contributed by atoms with Gasteiger partial charge in [-0.1, -0.05) is 12.2 Å². The van der Waals surface area contributed by atoms with Crippen molar-refractivity contribution < 1.29 is 14.1 Å². The fraction of sp³-hybridized carbons (Fsp3) is 0.556. The first-order valence-electron chi connectivity index (χ1n) is 4.42. The molecule has 1 saturated heterocycles. The van der Waals surface area contributed by atoms with Gasteiger partial charge in [-0.25, -0.2) is 4.39 Å². The minimum absolute atomic E-state index is 0.178. The maximum Gasteiger partial charge on any atom is 0.466 e. The van der Waals surface area contributed by atoms with Crippen LogP contribution in [0.25, 0.3) is 0 Å². The second-order valence-electron chi connectivity index (χ2n) is 3.17. The molecule has 1 rings (SSSR count). The van der Waals surface area contributed by atoms with Gasteiger partial charge in [-0.3, -0.25) is 0 Å². The summed E-state index contributed by atoms with van der Waals surface area (Å²) in [4.78, 5) is 0. The molecular weight excluding hydrogens is 170 g/mol. The summed E-state index contributed by atoms with van der Waals surface area (Å²) in [5, 5.41) is 9.37. The average molecular weight is 184 g/mol. The van der Waals surface area contributed by atoms with Crippen molar-refractivity contribution in [2.45, 2.75) is 25.8 Å². The minimum Gasteiger partial charge on any atom is -0.426 e. The number of alkyl halides is 1. The topological polar surface area (TPSA) is 29.5 Å². The predicted molar refractivity (Wildman–Crippen MR) is 51.1 cm³/mol. The fourth-order valence-corrected chi connectivity index (χ4v) is 1.44. The SMILES string of the molecule is C/C=C\C1B(O)OC/C1=C/C(C)F. The number of hydrogen-bond acceptors (Lipinski definition) is 2. The molecule has 0 aromatic carbocycles. The largest absolute Gasteiger partial charge is 0.466 e. The first-order chi connectivity index (χ1) is 6.15. The molecule has 0 aliphatic carbocycles. The van der Waals surface area contributed by atoms with Crippen LogP contribution in [0.5, 0.6) is 0 Å². The summed E-state index contributed by atoms with van der Waals surface area (Å²) in [6, 6.07) is 0.